The number of carbonyl (C=O) groups is 1. The van der Waals surface area contributed by atoms with Gasteiger partial charge in [0.25, 0.3) is 5.91 Å². The zero-order valence-electron chi connectivity index (χ0n) is 9.39. The second-order valence-electron chi connectivity index (χ2n) is 4.76. The van der Waals surface area contributed by atoms with Crippen LogP contribution in [0.4, 0.5) is 0 Å². The third kappa shape index (κ3) is 1.40. The van der Waals surface area contributed by atoms with Crippen LogP contribution in [0.2, 0.25) is 0 Å². The van der Waals surface area contributed by atoms with E-state index in [2.05, 4.69) is 9.97 Å². The predicted octanol–water partition coefficient (Wildman–Crippen LogP) is 1.41. The van der Waals surface area contributed by atoms with Crippen molar-refractivity contribution in [3.05, 3.63) is 23.8 Å². The molecule has 4 nitrogen and oxygen atoms in total. The van der Waals surface area contributed by atoms with Crippen molar-refractivity contribution in [1.29, 1.82) is 0 Å². The molecule has 0 N–H and O–H groups in total. The second-order valence-corrected chi connectivity index (χ2v) is 4.76. The molecular weight excluding hydrogens is 202 g/mol. The lowest BCUT2D eigenvalue weighted by molar-refractivity contribution is 0.0263. The van der Waals surface area contributed by atoms with E-state index in [0.717, 1.165) is 24.6 Å². The quantitative estimate of drug-likeness (QED) is 0.714. The number of hydrogen-bond acceptors (Lipinski definition) is 3. The first kappa shape index (κ1) is 9.75. The van der Waals surface area contributed by atoms with Gasteiger partial charge in [-0.15, -0.1) is 0 Å². The van der Waals surface area contributed by atoms with Crippen LogP contribution in [0.1, 0.15) is 35.4 Å². The molecule has 0 radical (unpaired) electrons. The first-order valence-corrected chi connectivity index (χ1v) is 5.85. The number of amides is 1. The molecule has 0 aromatic carbocycles. The van der Waals surface area contributed by atoms with E-state index in [1.807, 2.05) is 11.8 Å². The number of aromatic nitrogens is 2. The minimum atomic E-state index is 0.0515. The molecule has 1 saturated heterocycles. The number of hydrogen-bond donors (Lipinski definition) is 0. The molecule has 1 saturated carbocycles. The van der Waals surface area contributed by atoms with Gasteiger partial charge in [-0.05, 0) is 25.7 Å². The number of nitrogens with zero attached hydrogens (tertiary/aromatic N) is 3. The fraction of sp³-hybridized carbons (Fsp3) is 0.583. The first-order chi connectivity index (χ1) is 7.75. The van der Waals surface area contributed by atoms with Gasteiger partial charge < -0.3 is 4.90 Å². The highest BCUT2D eigenvalue weighted by atomic mass is 16.2. The Morgan fingerprint density at radius 3 is 2.94 bits per heavy atom. The van der Waals surface area contributed by atoms with Crippen LogP contribution >= 0.6 is 0 Å². The summed E-state index contributed by atoms with van der Waals surface area (Å²) in [5, 5.41) is 0. The van der Waals surface area contributed by atoms with Gasteiger partial charge in [-0.3, -0.25) is 9.78 Å². The predicted molar refractivity (Wildman–Crippen MR) is 58.9 cm³/mol. The van der Waals surface area contributed by atoms with E-state index in [4.69, 9.17) is 0 Å². The van der Waals surface area contributed by atoms with Gasteiger partial charge in [-0.2, -0.15) is 0 Å². The Bertz CT molecular complexity index is 415. The summed E-state index contributed by atoms with van der Waals surface area (Å²) >= 11 is 0. The van der Waals surface area contributed by atoms with Crippen molar-refractivity contribution in [2.75, 3.05) is 6.54 Å². The normalized spacial score (nSPS) is 27.4. The number of fused-ring (bicyclic) bond motifs is 1. The zero-order valence-corrected chi connectivity index (χ0v) is 9.39. The summed E-state index contributed by atoms with van der Waals surface area (Å²) in [7, 11) is 0. The van der Waals surface area contributed by atoms with Gasteiger partial charge in [0, 0.05) is 18.8 Å². The third-order valence-corrected chi connectivity index (χ3v) is 3.71. The molecule has 0 bridgehead atoms. The van der Waals surface area contributed by atoms with Crippen molar-refractivity contribution >= 4 is 5.91 Å². The zero-order chi connectivity index (χ0) is 11.1. The number of rotatable bonds is 1. The summed E-state index contributed by atoms with van der Waals surface area (Å²) in [6.07, 6.45) is 6.95. The van der Waals surface area contributed by atoms with Crippen LogP contribution in [0.3, 0.4) is 0 Å². The van der Waals surface area contributed by atoms with Crippen LogP contribution in [-0.4, -0.2) is 33.4 Å². The maximum Gasteiger partial charge on any atom is 0.274 e. The topological polar surface area (TPSA) is 46.1 Å². The highest BCUT2D eigenvalue weighted by Gasteiger charge is 2.44. The maximum atomic E-state index is 12.1. The molecule has 2 heterocycles. The smallest absolute Gasteiger partial charge is 0.274 e. The molecule has 2 aliphatic rings. The Morgan fingerprint density at radius 1 is 1.38 bits per heavy atom. The number of aryl methyl sites for hydroxylation is 1. The first-order valence-electron chi connectivity index (χ1n) is 5.85. The third-order valence-electron chi connectivity index (χ3n) is 3.71. The van der Waals surface area contributed by atoms with Crippen LogP contribution in [-0.2, 0) is 0 Å². The summed E-state index contributed by atoms with van der Waals surface area (Å²) < 4.78 is 0. The van der Waals surface area contributed by atoms with E-state index in [9.17, 15) is 4.79 Å². The highest BCUT2D eigenvalue weighted by Crippen LogP contribution is 2.39. The standard InChI is InChI=1S/C12H15N3O/c1-8-5-14-10(6-13-8)12(16)15-7-9-3-2-4-11(9)15/h5-6,9,11H,2-4,7H2,1H3. The summed E-state index contributed by atoms with van der Waals surface area (Å²) in [5.41, 5.74) is 1.33. The lowest BCUT2D eigenvalue weighted by atomic mass is 9.91. The molecule has 2 atom stereocenters. The van der Waals surface area contributed by atoms with E-state index >= 15 is 0 Å². The monoisotopic (exact) mass is 217 g/mol. The number of likely N-dealkylation sites (tertiary alicyclic amines) is 1. The molecule has 1 aliphatic heterocycles. The van der Waals surface area contributed by atoms with Crippen molar-refractivity contribution in [2.45, 2.75) is 32.2 Å². The van der Waals surface area contributed by atoms with Gasteiger partial charge in [0.15, 0.2) is 0 Å². The van der Waals surface area contributed by atoms with Crippen molar-refractivity contribution in [3.8, 4) is 0 Å². The van der Waals surface area contributed by atoms with Crippen molar-refractivity contribution < 1.29 is 4.79 Å². The van der Waals surface area contributed by atoms with E-state index in [-0.39, 0.29) is 5.91 Å². The largest absolute Gasteiger partial charge is 0.334 e. The number of carbonyl (C=O) groups excluding carboxylic acids is 1. The Balaban J connectivity index is 1.76. The SMILES string of the molecule is Cc1cnc(C(=O)N2CC3CCCC32)cn1. The molecule has 4 heteroatoms. The van der Waals surface area contributed by atoms with Gasteiger partial charge in [-0.25, -0.2) is 4.98 Å². The average molecular weight is 217 g/mol. The van der Waals surface area contributed by atoms with E-state index < -0.39 is 0 Å². The highest BCUT2D eigenvalue weighted by molar-refractivity contribution is 5.92. The summed E-state index contributed by atoms with van der Waals surface area (Å²) in [6, 6.07) is 0.482. The molecular formula is C12H15N3O. The Labute approximate surface area is 94.7 Å². The van der Waals surface area contributed by atoms with Crippen molar-refractivity contribution in [2.24, 2.45) is 5.92 Å². The van der Waals surface area contributed by atoms with Gasteiger partial charge in [0.1, 0.15) is 5.69 Å². The summed E-state index contributed by atoms with van der Waals surface area (Å²) in [4.78, 5) is 22.3. The molecule has 0 spiro atoms. The van der Waals surface area contributed by atoms with E-state index in [1.54, 1.807) is 12.4 Å². The van der Waals surface area contributed by atoms with Crippen LogP contribution < -0.4 is 0 Å². The van der Waals surface area contributed by atoms with Crippen LogP contribution in [0.25, 0.3) is 0 Å². The van der Waals surface area contributed by atoms with E-state index in [1.165, 1.54) is 12.8 Å². The van der Waals surface area contributed by atoms with Crippen LogP contribution in [0.5, 0.6) is 0 Å². The average Bonchev–Trinajstić information content (AvgIpc) is 2.61. The van der Waals surface area contributed by atoms with Crippen molar-refractivity contribution in [1.82, 2.24) is 14.9 Å². The minimum absolute atomic E-state index is 0.0515. The van der Waals surface area contributed by atoms with E-state index in [0.29, 0.717) is 11.7 Å². The Morgan fingerprint density at radius 2 is 2.25 bits per heavy atom. The van der Waals surface area contributed by atoms with Gasteiger partial charge in [-0.1, -0.05) is 6.42 Å². The Kier molecular flexibility index (Phi) is 2.16. The van der Waals surface area contributed by atoms with Crippen molar-refractivity contribution in [3.63, 3.8) is 0 Å². The molecule has 84 valence electrons. The molecule has 1 aromatic heterocycles. The fourth-order valence-electron chi connectivity index (χ4n) is 2.77. The molecule has 2 unspecified atom stereocenters. The molecule has 16 heavy (non-hydrogen) atoms. The fourth-order valence-corrected chi connectivity index (χ4v) is 2.77. The summed E-state index contributed by atoms with van der Waals surface area (Å²) in [6.45, 7) is 2.79. The minimum Gasteiger partial charge on any atom is -0.334 e. The van der Waals surface area contributed by atoms with Gasteiger partial charge in [0.05, 0.1) is 11.9 Å². The molecule has 1 amide bonds. The molecule has 1 aromatic rings. The summed E-state index contributed by atoms with van der Waals surface area (Å²) in [5.74, 6) is 0.804. The van der Waals surface area contributed by atoms with Crippen LogP contribution in [0, 0.1) is 12.8 Å². The molecule has 3 rings (SSSR count). The maximum absolute atomic E-state index is 12.1. The lowest BCUT2D eigenvalue weighted by Crippen LogP contribution is -2.56. The second kappa shape index (κ2) is 3.54. The Hall–Kier alpha value is -1.45. The van der Waals surface area contributed by atoms with Crippen LogP contribution in [0.15, 0.2) is 12.4 Å². The molecule has 2 fully saturated rings. The van der Waals surface area contributed by atoms with Gasteiger partial charge in [0.2, 0.25) is 0 Å². The molecule has 1 aliphatic carbocycles. The lowest BCUT2D eigenvalue weighted by Gasteiger charge is -2.44. The van der Waals surface area contributed by atoms with Gasteiger partial charge >= 0.3 is 0 Å².